The molecule has 4 aliphatic heterocycles. The summed E-state index contributed by atoms with van der Waals surface area (Å²) in [6.07, 6.45) is 22.2. The highest BCUT2D eigenvalue weighted by Crippen LogP contribution is 2.46. The Morgan fingerprint density at radius 1 is 0.333 bits per heavy atom. The minimum absolute atomic E-state index is 0.0464. The SMILES string of the molecule is Cc1sc2c(c1C)C(c1ccc(Cl)cc1)=N[C@@H](CC(=O)NCCCCCCCC(=O)O)c1nnc(C)n1-2.Cc1sc2c(c1C)C(c1ccc(Cl)cc1)=N[C@@H](CC(=O)NCCCCCCCC=O)c1nnc(C)n1-2.Cc1sc2c(c1C)C(c1ccc(Cl)cc1)=N[C@@H](CC(=O)NCCCCCCCO)c1nnc(C)n1-2.Cc1sc2c(c1C)C(c1ccc(Cl)cc1)=N[C@@H](CC(=O)O)c1nnc(C)n1-2.NCCCCCCCO. The number of aromatic nitrogens is 12. The number of halogens is 4. The first kappa shape index (κ1) is 112. The minimum atomic E-state index is -0.926. The first-order valence-corrected chi connectivity index (χ1v) is 54.2. The zero-order valence-corrected chi connectivity index (χ0v) is 90.2. The summed E-state index contributed by atoms with van der Waals surface area (Å²) >= 11 is 31.3. The average Bonchev–Trinajstić information content (AvgIpc) is 1.60. The second kappa shape index (κ2) is 54.4. The predicted molar refractivity (Wildman–Crippen MR) is 577 cm³/mol. The Morgan fingerprint density at radius 2 is 0.576 bits per heavy atom. The molecule has 0 bridgehead atoms. The topological polar surface area (TPSA) is 418 Å². The molecule has 38 heteroatoms. The van der Waals surface area contributed by atoms with E-state index in [1.165, 1.54) is 43.5 Å². The minimum Gasteiger partial charge on any atom is -0.481 e. The summed E-state index contributed by atoms with van der Waals surface area (Å²) in [6.45, 7) is 27.7. The standard InChI is InChI=1S/C27H32ClN5O3S.C27H32ClN5O2S.C26H32ClN5O2S.C19H17ClN4O2S.C7H17NO/c1-16-17(2)37-27-24(16)25(19-10-12-20(28)13-11-19)30-21(26-32-31-18(3)33(26)27)15-22(34)29-14-8-6-4-5-7-9-23(35)36;1-17-18(2)36-27-24(17)25(20-10-12-21(28)13-11-20)30-22(26-32-31-19(3)33(26)27)16-23(35)29-14-8-6-4-5-7-9-15-34;1-16-17(2)35-26-23(16)24(19-9-11-20(27)12-10-19)29-21(25-31-30-18(3)32(25)26)15-22(34)28-13-7-5-4-6-8-14-33;1-9-10(2)27-19-16(9)17(12-4-6-13(20)7-5-12)21-14(8-15(25)26)18-23-22-11(3)24(18)19;8-6-4-2-1-3-5-7-9/h10-13,21H,4-9,14-15H2,1-3H3,(H,29,34)(H,35,36);10-13,15,22H,4-9,14,16H2,1-3H3,(H,29,35);9-12,21,33H,4-8,13-15H2,1-3H3,(H,28,34);4-7,14H,8H2,1-3H3,(H,25,26);9H,1-8H2/t21-;22-;21-;14-;/m0000./s1. The number of nitrogens with zero attached hydrogens (tertiary/aromatic N) is 16. The number of aliphatic carboxylic acids is 2. The molecule has 0 saturated carbocycles. The summed E-state index contributed by atoms with van der Waals surface area (Å²) < 4.78 is 8.11. The molecule has 0 spiro atoms. The normalized spacial score (nSPS) is 14.5. The summed E-state index contributed by atoms with van der Waals surface area (Å²) in [5.74, 6) is 3.78. The molecule has 0 aliphatic carbocycles. The molecule has 0 radical (unpaired) electrons. The van der Waals surface area contributed by atoms with Gasteiger partial charge in [0.05, 0.1) is 48.5 Å². The molecule has 0 saturated heterocycles. The van der Waals surface area contributed by atoms with Crippen LogP contribution < -0.4 is 21.7 Å². The number of carbonyl (C=O) groups is 6. The molecule has 4 aliphatic rings. The number of thiophene rings is 4. The lowest BCUT2D eigenvalue weighted by atomic mass is 9.99. The van der Waals surface area contributed by atoms with Gasteiger partial charge < -0.3 is 46.9 Å². The molecule has 766 valence electrons. The zero-order valence-electron chi connectivity index (χ0n) is 83.9. The number of hydrogen-bond donors (Lipinski definition) is 8. The first-order chi connectivity index (χ1) is 69.3. The molecule has 8 aromatic heterocycles. The molecule has 3 amide bonds. The maximum Gasteiger partial charge on any atom is 0.306 e. The van der Waals surface area contributed by atoms with Gasteiger partial charge in [-0.25, -0.2) is 0 Å². The van der Waals surface area contributed by atoms with E-state index >= 15 is 0 Å². The highest BCUT2D eigenvalue weighted by atomic mass is 35.5. The van der Waals surface area contributed by atoms with Gasteiger partial charge in [0.15, 0.2) is 23.3 Å². The number of aliphatic imine (C=N–C) groups is 4. The van der Waals surface area contributed by atoms with E-state index in [-0.39, 0.29) is 56.4 Å². The second-order valence-corrected chi connectivity index (χ2v) is 42.8. The third-order valence-electron chi connectivity index (χ3n) is 25.7. The first-order valence-electron chi connectivity index (χ1n) is 49.4. The average molecular weight is 2110 g/mol. The number of carboxylic acid groups (broad SMARTS) is 2. The van der Waals surface area contributed by atoms with Crippen molar-refractivity contribution in [2.24, 2.45) is 25.7 Å². The van der Waals surface area contributed by atoms with Crippen LogP contribution in [0.5, 0.6) is 0 Å². The molecule has 4 aromatic carbocycles. The van der Waals surface area contributed by atoms with Crippen molar-refractivity contribution in [1.29, 1.82) is 0 Å². The van der Waals surface area contributed by atoms with Crippen LogP contribution in [0.25, 0.3) is 20.0 Å². The van der Waals surface area contributed by atoms with Gasteiger partial charge in [-0.2, -0.15) is 0 Å². The van der Waals surface area contributed by atoms with E-state index in [0.717, 1.165) is 244 Å². The van der Waals surface area contributed by atoms with Crippen molar-refractivity contribution in [3.63, 3.8) is 0 Å². The van der Waals surface area contributed by atoms with Crippen LogP contribution in [0.3, 0.4) is 0 Å². The van der Waals surface area contributed by atoms with Crippen LogP contribution in [0.1, 0.15) is 324 Å². The van der Waals surface area contributed by atoms with Crippen LogP contribution in [0.2, 0.25) is 20.1 Å². The Bertz CT molecular complexity index is 6540. The number of amides is 3. The summed E-state index contributed by atoms with van der Waals surface area (Å²) in [5.41, 5.74) is 21.1. The summed E-state index contributed by atoms with van der Waals surface area (Å²) in [6, 6.07) is 28.4. The van der Waals surface area contributed by atoms with Gasteiger partial charge >= 0.3 is 11.9 Å². The zero-order chi connectivity index (χ0) is 103. The van der Waals surface area contributed by atoms with E-state index in [2.05, 4.69) is 121 Å². The molecular formula is C106H130Cl4N20O10S4. The molecule has 4 atom stereocenters. The van der Waals surface area contributed by atoms with E-state index in [0.29, 0.717) is 82.5 Å². The number of carboxylic acids is 2. The van der Waals surface area contributed by atoms with Crippen LogP contribution in [0.15, 0.2) is 117 Å². The molecule has 12 aromatic rings. The lowest BCUT2D eigenvalue weighted by Gasteiger charge is -2.13. The number of nitrogens with two attached hydrogens (primary N) is 1. The molecule has 30 nitrogen and oxygen atoms in total. The number of benzene rings is 4. The van der Waals surface area contributed by atoms with Crippen molar-refractivity contribution in [3.8, 4) is 20.0 Å². The number of aryl methyl sites for hydroxylation is 8. The van der Waals surface area contributed by atoms with Gasteiger partial charge in [0.2, 0.25) is 17.7 Å². The van der Waals surface area contributed by atoms with Crippen molar-refractivity contribution in [1.82, 2.24) is 75.0 Å². The summed E-state index contributed by atoms with van der Waals surface area (Å²) in [5, 5.41) is 86.0. The number of unbranched alkanes of at least 4 members (excludes halogenated alkanes) is 17. The van der Waals surface area contributed by atoms with Gasteiger partial charge in [-0.1, -0.05) is 172 Å². The van der Waals surface area contributed by atoms with Crippen molar-refractivity contribution in [2.45, 2.75) is 274 Å². The van der Waals surface area contributed by atoms with Crippen LogP contribution >= 0.6 is 91.8 Å². The van der Waals surface area contributed by atoms with Crippen LogP contribution in [-0.4, -0.2) is 178 Å². The van der Waals surface area contributed by atoms with Crippen molar-refractivity contribution >= 4 is 151 Å². The number of fused-ring (bicyclic) bond motifs is 12. The number of rotatable bonds is 41. The van der Waals surface area contributed by atoms with Gasteiger partial charge in [-0.15, -0.1) is 86.1 Å². The number of hydrogen-bond acceptors (Lipinski definition) is 25. The van der Waals surface area contributed by atoms with Crippen molar-refractivity contribution in [3.05, 3.63) is 250 Å². The van der Waals surface area contributed by atoms with E-state index in [1.807, 2.05) is 134 Å². The van der Waals surface area contributed by atoms with E-state index in [9.17, 15) is 33.9 Å². The van der Waals surface area contributed by atoms with E-state index < -0.39 is 36.1 Å². The van der Waals surface area contributed by atoms with Crippen LogP contribution in [0.4, 0.5) is 0 Å². The molecule has 9 N–H and O–H groups in total. The fourth-order valence-corrected chi connectivity index (χ4v) is 22.9. The maximum atomic E-state index is 13.0. The molecule has 16 rings (SSSR count). The van der Waals surface area contributed by atoms with Crippen LogP contribution in [0, 0.1) is 83.1 Å². The number of nitrogens with one attached hydrogen (secondary N) is 3. The van der Waals surface area contributed by atoms with Crippen molar-refractivity contribution in [2.75, 3.05) is 39.4 Å². The van der Waals surface area contributed by atoms with Gasteiger partial charge in [-0.3, -0.25) is 62.2 Å². The fraction of sp³-hybridized carbons (Fsp3) is 0.453. The lowest BCUT2D eigenvalue weighted by molar-refractivity contribution is -0.138. The van der Waals surface area contributed by atoms with E-state index in [1.54, 1.807) is 45.3 Å². The Balaban J connectivity index is 0.000000167. The smallest absolute Gasteiger partial charge is 0.306 e. The Morgan fingerprint density at radius 3 is 0.826 bits per heavy atom. The molecule has 0 fully saturated rings. The lowest BCUT2D eigenvalue weighted by Crippen LogP contribution is -2.26. The fourth-order valence-electron chi connectivity index (χ4n) is 17.5. The van der Waals surface area contributed by atoms with Gasteiger partial charge in [-0.05, 0) is 212 Å². The quantitative estimate of drug-likeness (QED) is 0.0130. The molecule has 144 heavy (non-hydrogen) atoms. The number of aliphatic hydroxyl groups excluding tert-OH is 2. The number of aldehydes is 1. The van der Waals surface area contributed by atoms with Crippen molar-refractivity contribution < 1.29 is 49.2 Å². The Kier molecular flexibility index (Phi) is 42.2. The summed E-state index contributed by atoms with van der Waals surface area (Å²) in [4.78, 5) is 96.3. The van der Waals surface area contributed by atoms with Crippen LogP contribution in [-0.2, 0) is 28.8 Å². The molecule has 0 unspecified atom stereocenters. The Hall–Kier alpha value is -11.0. The predicted octanol–water partition coefficient (Wildman–Crippen LogP) is 22.0. The second-order valence-electron chi connectivity index (χ2n) is 36.3. The number of carbonyl (C=O) groups excluding carboxylic acids is 4. The number of aliphatic hydroxyl groups is 2. The third kappa shape index (κ3) is 28.8. The molecular weight excluding hydrogens is 1980 g/mol. The van der Waals surface area contributed by atoms with Gasteiger partial charge in [0.1, 0.15) is 73.8 Å². The largest absolute Gasteiger partial charge is 0.481 e. The monoisotopic (exact) mass is 2110 g/mol. The van der Waals surface area contributed by atoms with E-state index in [4.69, 9.17) is 87.4 Å². The Labute approximate surface area is 877 Å². The molecule has 12 heterocycles. The highest BCUT2D eigenvalue weighted by molar-refractivity contribution is 7.16. The summed E-state index contributed by atoms with van der Waals surface area (Å²) in [7, 11) is 0. The third-order valence-corrected chi connectivity index (χ3v) is 31.4. The van der Waals surface area contributed by atoms with Gasteiger partial charge in [0.25, 0.3) is 0 Å². The highest BCUT2D eigenvalue weighted by Gasteiger charge is 2.39. The maximum absolute atomic E-state index is 13.0. The van der Waals surface area contributed by atoms with Gasteiger partial charge in [0, 0.05) is 130 Å².